The van der Waals surface area contributed by atoms with Gasteiger partial charge in [0.05, 0.1) is 6.20 Å². The lowest BCUT2D eigenvalue weighted by Gasteiger charge is -2.13. The Labute approximate surface area is 125 Å². The average molecular weight is 286 g/mol. The molecule has 0 fully saturated rings. The Hall–Kier alpha value is -2.30. The summed E-state index contributed by atoms with van der Waals surface area (Å²) in [6, 6.07) is 7.28. The highest BCUT2D eigenvalue weighted by atomic mass is 16.2. The highest BCUT2D eigenvalue weighted by molar-refractivity contribution is 5.80. The van der Waals surface area contributed by atoms with Crippen molar-refractivity contribution >= 4 is 11.6 Å². The van der Waals surface area contributed by atoms with Gasteiger partial charge >= 0.3 is 0 Å². The van der Waals surface area contributed by atoms with Crippen LogP contribution in [-0.2, 0) is 4.79 Å². The van der Waals surface area contributed by atoms with Crippen molar-refractivity contribution < 1.29 is 4.79 Å². The fourth-order valence-corrected chi connectivity index (χ4v) is 2.02. The molecule has 0 radical (unpaired) electrons. The first kappa shape index (κ1) is 15.1. The number of amides is 1. The summed E-state index contributed by atoms with van der Waals surface area (Å²) in [7, 11) is 0. The number of nitrogen functional groups attached to an aromatic ring is 1. The Morgan fingerprint density at radius 3 is 2.71 bits per heavy atom. The summed E-state index contributed by atoms with van der Waals surface area (Å²) < 4.78 is 1.66. The van der Waals surface area contributed by atoms with E-state index in [0.29, 0.717) is 18.2 Å². The summed E-state index contributed by atoms with van der Waals surface area (Å²) in [4.78, 5) is 12.1. The second-order valence-electron chi connectivity index (χ2n) is 5.61. The Kier molecular flexibility index (Phi) is 4.62. The van der Waals surface area contributed by atoms with Crippen LogP contribution in [0.2, 0.25) is 0 Å². The first-order valence-electron chi connectivity index (χ1n) is 7.15. The topological polar surface area (TPSA) is 72.9 Å². The summed E-state index contributed by atoms with van der Waals surface area (Å²) in [5.41, 5.74) is 8.51. The molecule has 1 aromatic heterocycles. The van der Waals surface area contributed by atoms with Crippen molar-refractivity contribution in [3.8, 4) is 11.1 Å². The van der Waals surface area contributed by atoms with Crippen LogP contribution in [0, 0.1) is 5.92 Å². The van der Waals surface area contributed by atoms with Crippen LogP contribution in [0.4, 0.5) is 5.69 Å². The Morgan fingerprint density at radius 1 is 1.33 bits per heavy atom. The van der Waals surface area contributed by atoms with Crippen molar-refractivity contribution in [1.82, 2.24) is 15.1 Å². The van der Waals surface area contributed by atoms with E-state index in [1.54, 1.807) is 10.9 Å². The minimum absolute atomic E-state index is 0.0283. The average Bonchev–Trinajstić information content (AvgIpc) is 2.94. The van der Waals surface area contributed by atoms with Gasteiger partial charge in [0.25, 0.3) is 0 Å². The summed E-state index contributed by atoms with van der Waals surface area (Å²) in [5.74, 6) is 0.401. The molecule has 3 N–H and O–H groups in total. The molecule has 2 rings (SSSR count). The monoisotopic (exact) mass is 286 g/mol. The number of para-hydroxylation sites is 1. The fourth-order valence-electron chi connectivity index (χ4n) is 2.02. The van der Waals surface area contributed by atoms with Gasteiger partial charge < -0.3 is 11.1 Å². The molecular formula is C16H22N4O. The molecular weight excluding hydrogens is 264 g/mol. The van der Waals surface area contributed by atoms with Crippen LogP contribution in [0.3, 0.4) is 0 Å². The van der Waals surface area contributed by atoms with Crippen LogP contribution in [0.15, 0.2) is 36.7 Å². The molecule has 1 atom stereocenters. The van der Waals surface area contributed by atoms with Gasteiger partial charge in [0.1, 0.15) is 6.04 Å². The SMILES string of the molecule is CC(C)CNC(=O)C(C)n1cc(-c2ccccc2N)cn1. The number of hydrogen-bond acceptors (Lipinski definition) is 3. The summed E-state index contributed by atoms with van der Waals surface area (Å²) in [5, 5.41) is 7.20. The summed E-state index contributed by atoms with van der Waals surface area (Å²) in [6.45, 7) is 6.63. The molecule has 0 saturated heterocycles. The number of benzene rings is 1. The van der Waals surface area contributed by atoms with E-state index < -0.39 is 0 Å². The molecule has 112 valence electrons. The zero-order chi connectivity index (χ0) is 15.4. The van der Waals surface area contributed by atoms with Gasteiger partial charge in [-0.2, -0.15) is 5.10 Å². The van der Waals surface area contributed by atoms with Crippen LogP contribution in [0.5, 0.6) is 0 Å². The van der Waals surface area contributed by atoms with Crippen LogP contribution >= 0.6 is 0 Å². The molecule has 1 amide bonds. The van der Waals surface area contributed by atoms with E-state index in [4.69, 9.17) is 5.73 Å². The van der Waals surface area contributed by atoms with Crippen molar-refractivity contribution in [1.29, 1.82) is 0 Å². The number of nitrogens with zero attached hydrogens (tertiary/aromatic N) is 2. The van der Waals surface area contributed by atoms with E-state index in [9.17, 15) is 4.79 Å². The molecule has 21 heavy (non-hydrogen) atoms. The van der Waals surface area contributed by atoms with E-state index in [-0.39, 0.29) is 11.9 Å². The maximum absolute atomic E-state index is 12.1. The largest absolute Gasteiger partial charge is 0.398 e. The maximum Gasteiger partial charge on any atom is 0.244 e. The molecule has 1 aromatic carbocycles. The number of aromatic nitrogens is 2. The standard InChI is InChI=1S/C16H22N4O/c1-11(2)8-18-16(21)12(3)20-10-13(9-19-20)14-6-4-5-7-15(14)17/h4-7,9-12H,8,17H2,1-3H3,(H,18,21). The minimum atomic E-state index is -0.345. The fraction of sp³-hybridized carbons (Fsp3) is 0.375. The van der Waals surface area contributed by atoms with E-state index in [2.05, 4.69) is 24.3 Å². The third-order valence-corrected chi connectivity index (χ3v) is 3.33. The molecule has 0 spiro atoms. The third-order valence-electron chi connectivity index (χ3n) is 3.33. The molecule has 0 bridgehead atoms. The summed E-state index contributed by atoms with van der Waals surface area (Å²) in [6.07, 6.45) is 3.59. The highest BCUT2D eigenvalue weighted by Gasteiger charge is 2.16. The van der Waals surface area contributed by atoms with E-state index >= 15 is 0 Å². The van der Waals surface area contributed by atoms with Crippen molar-refractivity contribution in [2.75, 3.05) is 12.3 Å². The first-order chi connectivity index (χ1) is 9.99. The van der Waals surface area contributed by atoms with Gasteiger partial charge in [-0.1, -0.05) is 32.0 Å². The molecule has 0 aliphatic heterocycles. The molecule has 1 heterocycles. The zero-order valence-electron chi connectivity index (χ0n) is 12.7. The van der Waals surface area contributed by atoms with Crippen molar-refractivity contribution in [2.45, 2.75) is 26.8 Å². The van der Waals surface area contributed by atoms with Gasteiger partial charge in [0.2, 0.25) is 5.91 Å². The number of anilines is 1. The lowest BCUT2D eigenvalue weighted by Crippen LogP contribution is -2.33. The molecule has 0 aliphatic rings. The number of nitrogens with one attached hydrogen (secondary N) is 1. The normalized spacial score (nSPS) is 12.4. The van der Waals surface area contributed by atoms with Crippen LogP contribution in [-0.4, -0.2) is 22.2 Å². The lowest BCUT2D eigenvalue weighted by molar-refractivity contribution is -0.124. The number of carbonyl (C=O) groups excluding carboxylic acids is 1. The van der Waals surface area contributed by atoms with Crippen molar-refractivity contribution in [3.63, 3.8) is 0 Å². The molecule has 5 nitrogen and oxygen atoms in total. The Balaban J connectivity index is 2.13. The zero-order valence-corrected chi connectivity index (χ0v) is 12.7. The second kappa shape index (κ2) is 6.43. The van der Waals surface area contributed by atoms with E-state index in [1.807, 2.05) is 37.4 Å². The molecule has 5 heteroatoms. The van der Waals surface area contributed by atoms with E-state index in [0.717, 1.165) is 11.1 Å². The van der Waals surface area contributed by atoms with Gasteiger partial charge in [-0.05, 0) is 18.9 Å². The number of hydrogen-bond donors (Lipinski definition) is 2. The predicted molar refractivity (Wildman–Crippen MR) is 84.6 cm³/mol. The first-order valence-corrected chi connectivity index (χ1v) is 7.15. The van der Waals surface area contributed by atoms with Gasteiger partial charge in [-0.25, -0.2) is 0 Å². The van der Waals surface area contributed by atoms with Crippen molar-refractivity contribution in [2.24, 2.45) is 5.92 Å². The Morgan fingerprint density at radius 2 is 2.05 bits per heavy atom. The van der Waals surface area contributed by atoms with Crippen LogP contribution in [0.25, 0.3) is 11.1 Å². The number of nitrogens with two attached hydrogens (primary N) is 1. The molecule has 0 aliphatic carbocycles. The van der Waals surface area contributed by atoms with Gasteiger partial charge in [0.15, 0.2) is 0 Å². The minimum Gasteiger partial charge on any atom is -0.398 e. The van der Waals surface area contributed by atoms with E-state index in [1.165, 1.54) is 0 Å². The smallest absolute Gasteiger partial charge is 0.244 e. The summed E-state index contributed by atoms with van der Waals surface area (Å²) >= 11 is 0. The van der Waals surface area contributed by atoms with Crippen molar-refractivity contribution in [3.05, 3.63) is 36.7 Å². The lowest BCUT2D eigenvalue weighted by atomic mass is 10.1. The predicted octanol–water partition coefficient (Wildman–Crippen LogP) is 2.47. The second-order valence-corrected chi connectivity index (χ2v) is 5.61. The quantitative estimate of drug-likeness (QED) is 0.829. The third kappa shape index (κ3) is 3.62. The van der Waals surface area contributed by atoms with Gasteiger partial charge in [-0.15, -0.1) is 0 Å². The van der Waals surface area contributed by atoms with Crippen LogP contribution < -0.4 is 11.1 Å². The van der Waals surface area contributed by atoms with Gasteiger partial charge in [0, 0.05) is 29.6 Å². The van der Waals surface area contributed by atoms with Gasteiger partial charge in [-0.3, -0.25) is 9.48 Å². The highest BCUT2D eigenvalue weighted by Crippen LogP contribution is 2.25. The van der Waals surface area contributed by atoms with Crippen LogP contribution in [0.1, 0.15) is 26.8 Å². The molecule has 0 saturated carbocycles. The molecule has 1 unspecified atom stereocenters. The number of rotatable bonds is 5. The number of carbonyl (C=O) groups is 1. The Bertz CT molecular complexity index is 618. The maximum atomic E-state index is 12.1. The molecule has 2 aromatic rings.